The molecule has 0 aliphatic carbocycles. The Balaban J connectivity index is 1.85. The van der Waals surface area contributed by atoms with Crippen molar-refractivity contribution in [1.29, 1.82) is 0 Å². The highest BCUT2D eigenvalue weighted by Gasteiger charge is 2.22. The molecule has 1 heterocycles. The van der Waals surface area contributed by atoms with Gasteiger partial charge in [0.2, 0.25) is 0 Å². The fourth-order valence-electron chi connectivity index (χ4n) is 2.06. The predicted molar refractivity (Wildman–Crippen MR) is 66.2 cm³/mol. The molecule has 1 saturated heterocycles. The van der Waals surface area contributed by atoms with E-state index in [1.165, 1.54) is 32.1 Å². The molecule has 2 heteroatoms. The molecule has 1 aliphatic heterocycles. The molecule has 0 N–H and O–H groups in total. The minimum atomic E-state index is -0.00490. The number of carbonyl (C=O) groups is 1. The maximum atomic E-state index is 10.9. The fourth-order valence-corrected chi connectivity index (χ4v) is 2.06. The summed E-state index contributed by atoms with van der Waals surface area (Å²) in [5.74, 6) is -0.00490. The monoisotopic (exact) mass is 224 g/mol. The van der Waals surface area contributed by atoms with Gasteiger partial charge in [-0.15, -0.1) is 0 Å². The van der Waals surface area contributed by atoms with Gasteiger partial charge in [-0.2, -0.15) is 0 Å². The third-order valence-electron chi connectivity index (χ3n) is 3.02. The number of esters is 1. The van der Waals surface area contributed by atoms with E-state index in [1.54, 1.807) is 0 Å². The summed E-state index contributed by atoms with van der Waals surface area (Å²) in [4.78, 5) is 10.9. The largest absolute Gasteiger partial charge is 0.462 e. The van der Waals surface area contributed by atoms with E-state index in [-0.39, 0.29) is 12.1 Å². The van der Waals surface area contributed by atoms with Crippen LogP contribution in [0, 0.1) is 0 Å². The summed E-state index contributed by atoms with van der Waals surface area (Å²) >= 11 is 0. The molecule has 0 aromatic heterocycles. The quantitative estimate of drug-likeness (QED) is 0.354. The van der Waals surface area contributed by atoms with Crippen molar-refractivity contribution in [3.8, 4) is 0 Å². The number of hydrogen-bond acceptors (Lipinski definition) is 2. The van der Waals surface area contributed by atoms with Crippen molar-refractivity contribution in [2.45, 2.75) is 70.8 Å². The molecular formula is C14H24O2. The van der Waals surface area contributed by atoms with Gasteiger partial charge in [-0.1, -0.05) is 31.9 Å². The van der Waals surface area contributed by atoms with Gasteiger partial charge in [0.15, 0.2) is 0 Å². The van der Waals surface area contributed by atoms with Crippen LogP contribution in [-0.4, -0.2) is 12.1 Å². The first-order valence-corrected chi connectivity index (χ1v) is 6.67. The fraction of sp³-hybridized carbons (Fsp3) is 0.786. The van der Waals surface area contributed by atoms with Crippen LogP contribution in [0.25, 0.3) is 0 Å². The second-order valence-electron chi connectivity index (χ2n) is 4.52. The van der Waals surface area contributed by atoms with Gasteiger partial charge in [-0.3, -0.25) is 4.79 Å². The van der Waals surface area contributed by atoms with E-state index in [0.29, 0.717) is 6.42 Å². The lowest BCUT2D eigenvalue weighted by Gasteiger charge is -2.07. The number of cyclic esters (lactones) is 1. The Morgan fingerprint density at radius 1 is 1.25 bits per heavy atom. The highest BCUT2D eigenvalue weighted by Crippen LogP contribution is 2.19. The number of rotatable bonds is 8. The van der Waals surface area contributed by atoms with Gasteiger partial charge >= 0.3 is 5.97 Å². The third-order valence-corrected chi connectivity index (χ3v) is 3.02. The first-order valence-electron chi connectivity index (χ1n) is 6.67. The van der Waals surface area contributed by atoms with Crippen molar-refractivity contribution >= 4 is 5.97 Å². The van der Waals surface area contributed by atoms with Crippen molar-refractivity contribution in [2.24, 2.45) is 0 Å². The van der Waals surface area contributed by atoms with Crippen molar-refractivity contribution in [3.63, 3.8) is 0 Å². The van der Waals surface area contributed by atoms with E-state index in [0.717, 1.165) is 19.3 Å². The van der Waals surface area contributed by atoms with E-state index in [2.05, 4.69) is 19.1 Å². The van der Waals surface area contributed by atoms with Crippen molar-refractivity contribution < 1.29 is 9.53 Å². The summed E-state index contributed by atoms with van der Waals surface area (Å²) in [5, 5.41) is 0. The summed E-state index contributed by atoms with van der Waals surface area (Å²) in [7, 11) is 0. The van der Waals surface area contributed by atoms with Gasteiger partial charge in [0.05, 0.1) is 0 Å². The molecule has 0 bridgehead atoms. The van der Waals surface area contributed by atoms with Crippen molar-refractivity contribution in [2.75, 3.05) is 0 Å². The summed E-state index contributed by atoms with van der Waals surface area (Å²) in [6.07, 6.45) is 14.8. The molecule has 16 heavy (non-hydrogen) atoms. The Morgan fingerprint density at radius 2 is 2.06 bits per heavy atom. The van der Waals surface area contributed by atoms with E-state index in [9.17, 15) is 4.79 Å². The minimum Gasteiger partial charge on any atom is -0.462 e. The van der Waals surface area contributed by atoms with Gasteiger partial charge < -0.3 is 4.74 Å². The maximum absolute atomic E-state index is 10.9. The zero-order chi connectivity index (χ0) is 11.6. The number of allylic oxidation sites excluding steroid dienone is 2. The Bertz CT molecular complexity index is 221. The van der Waals surface area contributed by atoms with Gasteiger partial charge in [-0.05, 0) is 38.5 Å². The van der Waals surface area contributed by atoms with Crippen molar-refractivity contribution in [1.82, 2.24) is 0 Å². The number of ether oxygens (including phenoxy) is 1. The molecular weight excluding hydrogens is 200 g/mol. The normalized spacial score (nSPS) is 20.6. The van der Waals surface area contributed by atoms with Crippen LogP contribution >= 0.6 is 0 Å². The summed E-state index contributed by atoms with van der Waals surface area (Å²) in [6.45, 7) is 2.17. The Kier molecular flexibility index (Phi) is 6.95. The van der Waals surface area contributed by atoms with E-state index in [4.69, 9.17) is 4.74 Å². The highest BCUT2D eigenvalue weighted by atomic mass is 16.5. The Labute approximate surface area is 99.1 Å². The molecule has 0 radical (unpaired) electrons. The average molecular weight is 224 g/mol. The first kappa shape index (κ1) is 13.3. The van der Waals surface area contributed by atoms with E-state index < -0.39 is 0 Å². The van der Waals surface area contributed by atoms with Crippen LogP contribution in [0.2, 0.25) is 0 Å². The van der Waals surface area contributed by atoms with Gasteiger partial charge in [0.25, 0.3) is 0 Å². The maximum Gasteiger partial charge on any atom is 0.306 e. The number of unbranched alkanes of at least 4 members (excludes halogenated alkanes) is 4. The topological polar surface area (TPSA) is 26.3 Å². The molecule has 0 aromatic rings. The van der Waals surface area contributed by atoms with Gasteiger partial charge in [0, 0.05) is 6.42 Å². The SMILES string of the molecule is CCC=CCCCCCCC1CCC(=O)O1. The molecule has 92 valence electrons. The standard InChI is InChI=1S/C14H24O2/c1-2-3-4-5-6-7-8-9-10-13-11-12-14(15)16-13/h3-4,13H,2,5-12H2,1H3. The molecule has 0 amide bonds. The minimum absolute atomic E-state index is 0.00490. The lowest BCUT2D eigenvalue weighted by atomic mass is 10.1. The average Bonchev–Trinajstić information content (AvgIpc) is 2.68. The molecule has 0 aromatic carbocycles. The first-order chi connectivity index (χ1) is 7.83. The van der Waals surface area contributed by atoms with Crippen LogP contribution in [0.5, 0.6) is 0 Å². The van der Waals surface area contributed by atoms with Crippen LogP contribution < -0.4 is 0 Å². The zero-order valence-electron chi connectivity index (χ0n) is 10.4. The van der Waals surface area contributed by atoms with Crippen LogP contribution in [0.15, 0.2) is 12.2 Å². The molecule has 0 saturated carbocycles. The number of hydrogen-bond donors (Lipinski definition) is 0. The summed E-state index contributed by atoms with van der Waals surface area (Å²) in [5.41, 5.74) is 0. The molecule has 1 rings (SSSR count). The molecule has 2 nitrogen and oxygen atoms in total. The smallest absolute Gasteiger partial charge is 0.306 e. The van der Waals surface area contributed by atoms with Gasteiger partial charge in [-0.25, -0.2) is 0 Å². The molecule has 1 unspecified atom stereocenters. The lowest BCUT2D eigenvalue weighted by molar-refractivity contribution is -0.141. The predicted octanol–water partition coefficient (Wildman–Crippen LogP) is 4.00. The lowest BCUT2D eigenvalue weighted by Crippen LogP contribution is -2.06. The molecule has 0 spiro atoms. The van der Waals surface area contributed by atoms with Crippen LogP contribution in [0.3, 0.4) is 0 Å². The summed E-state index contributed by atoms with van der Waals surface area (Å²) in [6, 6.07) is 0. The van der Waals surface area contributed by atoms with Crippen LogP contribution in [0.1, 0.15) is 64.7 Å². The van der Waals surface area contributed by atoms with Crippen molar-refractivity contribution in [3.05, 3.63) is 12.2 Å². The molecule has 1 fully saturated rings. The van der Waals surface area contributed by atoms with E-state index in [1.807, 2.05) is 0 Å². The number of carbonyl (C=O) groups excluding carboxylic acids is 1. The molecule has 1 aliphatic rings. The second kappa shape index (κ2) is 8.37. The molecule has 1 atom stereocenters. The second-order valence-corrected chi connectivity index (χ2v) is 4.52. The van der Waals surface area contributed by atoms with Crippen LogP contribution in [-0.2, 0) is 9.53 Å². The Hall–Kier alpha value is -0.790. The van der Waals surface area contributed by atoms with Crippen LogP contribution in [0.4, 0.5) is 0 Å². The summed E-state index contributed by atoms with van der Waals surface area (Å²) < 4.78 is 5.17. The van der Waals surface area contributed by atoms with E-state index >= 15 is 0 Å². The van der Waals surface area contributed by atoms with Gasteiger partial charge in [0.1, 0.15) is 6.10 Å². The zero-order valence-corrected chi connectivity index (χ0v) is 10.4. The Morgan fingerprint density at radius 3 is 2.75 bits per heavy atom. The third kappa shape index (κ3) is 5.94. The highest BCUT2D eigenvalue weighted by molar-refractivity contribution is 5.71.